The van der Waals surface area contributed by atoms with Crippen molar-refractivity contribution in [2.75, 3.05) is 0 Å². The third kappa shape index (κ3) is 2.14. The second kappa shape index (κ2) is 4.67. The molecule has 4 nitrogen and oxygen atoms in total. The molecule has 1 aliphatic rings. The maximum Gasteiger partial charge on any atom is 0.347 e. The molecule has 0 aliphatic carbocycles. The third-order valence-electron chi connectivity index (χ3n) is 2.36. The van der Waals surface area contributed by atoms with E-state index in [1.807, 2.05) is 6.92 Å². The van der Waals surface area contributed by atoms with E-state index in [0.29, 0.717) is 23.5 Å². The molecule has 0 bridgehead atoms. The zero-order chi connectivity index (χ0) is 12.3. The van der Waals surface area contributed by atoms with Gasteiger partial charge in [0.2, 0.25) is 0 Å². The first-order valence-electron chi connectivity index (χ1n) is 4.95. The Balaban J connectivity index is 3.45. The highest BCUT2D eigenvalue weighted by Gasteiger charge is 2.21. The first-order valence-corrected chi connectivity index (χ1v) is 4.95. The molecule has 0 atom stereocenters. The summed E-state index contributed by atoms with van der Waals surface area (Å²) in [7, 11) is 0. The molecule has 0 fully saturated rings. The number of hydrogen-bond acceptors (Lipinski definition) is 3. The third-order valence-corrected chi connectivity index (χ3v) is 2.36. The van der Waals surface area contributed by atoms with Gasteiger partial charge in [-0.2, -0.15) is 5.26 Å². The average molecular weight is 219 g/mol. The fraction of sp³-hybridized carbons (Fsp3) is 0.333. The van der Waals surface area contributed by atoms with E-state index < -0.39 is 5.97 Å². The normalized spacial score (nSPS) is 18.5. The van der Waals surface area contributed by atoms with Crippen LogP contribution in [0.3, 0.4) is 0 Å². The van der Waals surface area contributed by atoms with Gasteiger partial charge in [0, 0.05) is 5.57 Å². The van der Waals surface area contributed by atoms with Gasteiger partial charge in [0.05, 0.1) is 0 Å². The lowest BCUT2D eigenvalue weighted by Gasteiger charge is -2.19. The second-order valence-corrected chi connectivity index (χ2v) is 3.45. The Morgan fingerprint density at radius 2 is 2.19 bits per heavy atom. The Morgan fingerprint density at radius 1 is 1.56 bits per heavy atom. The van der Waals surface area contributed by atoms with Crippen LogP contribution in [-0.4, -0.2) is 11.1 Å². The molecule has 0 amide bonds. The molecule has 16 heavy (non-hydrogen) atoms. The molecule has 0 aromatic heterocycles. The van der Waals surface area contributed by atoms with Gasteiger partial charge in [0.1, 0.15) is 23.2 Å². The highest BCUT2D eigenvalue weighted by molar-refractivity contribution is 5.94. The van der Waals surface area contributed by atoms with Crippen molar-refractivity contribution in [3.63, 3.8) is 0 Å². The number of carbonyl (C=O) groups is 1. The molecular weight excluding hydrogens is 206 g/mol. The molecule has 1 rings (SSSR count). The number of hydrogen-bond donors (Lipinski definition) is 1. The highest BCUT2D eigenvalue weighted by Crippen LogP contribution is 2.30. The van der Waals surface area contributed by atoms with Crippen molar-refractivity contribution >= 4 is 5.97 Å². The van der Waals surface area contributed by atoms with Crippen LogP contribution in [-0.2, 0) is 9.53 Å². The van der Waals surface area contributed by atoms with Gasteiger partial charge in [-0.15, -0.1) is 0 Å². The van der Waals surface area contributed by atoms with Crippen LogP contribution in [0.15, 0.2) is 34.3 Å². The van der Waals surface area contributed by atoms with E-state index in [4.69, 9.17) is 15.1 Å². The standard InChI is InChI=1S/C12H13NO3/c1-4-9-8(3)16-7(2)5-10(9)11(6-13)12(14)15/h5H,4H2,1-3H3,(H,14,15). The Bertz CT molecular complexity index is 461. The van der Waals surface area contributed by atoms with Crippen LogP contribution in [0.25, 0.3) is 0 Å². The predicted molar refractivity (Wildman–Crippen MR) is 58.1 cm³/mol. The zero-order valence-electron chi connectivity index (χ0n) is 9.50. The largest absolute Gasteiger partial charge is 0.477 e. The van der Waals surface area contributed by atoms with Crippen LogP contribution in [0.4, 0.5) is 0 Å². The van der Waals surface area contributed by atoms with Crippen LogP contribution in [0.5, 0.6) is 0 Å². The molecule has 84 valence electrons. The van der Waals surface area contributed by atoms with Gasteiger partial charge >= 0.3 is 5.97 Å². The molecule has 0 saturated heterocycles. The summed E-state index contributed by atoms with van der Waals surface area (Å²) in [5.74, 6) is 0.0485. The van der Waals surface area contributed by atoms with Crippen molar-refractivity contribution in [2.24, 2.45) is 0 Å². The van der Waals surface area contributed by atoms with Gasteiger partial charge in [0.15, 0.2) is 0 Å². The lowest BCUT2D eigenvalue weighted by atomic mass is 9.95. The Morgan fingerprint density at radius 3 is 2.62 bits per heavy atom. The summed E-state index contributed by atoms with van der Waals surface area (Å²) in [6, 6.07) is 1.72. The molecule has 0 radical (unpaired) electrons. The van der Waals surface area contributed by atoms with Crippen molar-refractivity contribution in [3.05, 3.63) is 34.3 Å². The van der Waals surface area contributed by atoms with E-state index in [1.165, 1.54) is 0 Å². The molecule has 1 aliphatic heterocycles. The summed E-state index contributed by atoms with van der Waals surface area (Å²) in [4.78, 5) is 10.9. The zero-order valence-corrected chi connectivity index (χ0v) is 9.50. The maximum absolute atomic E-state index is 10.9. The number of aliphatic carboxylic acids is 1. The number of rotatable bonds is 2. The monoisotopic (exact) mass is 219 g/mol. The van der Waals surface area contributed by atoms with Gasteiger partial charge in [-0.3, -0.25) is 0 Å². The van der Waals surface area contributed by atoms with Crippen LogP contribution in [0, 0.1) is 11.3 Å². The van der Waals surface area contributed by atoms with Gasteiger partial charge in [0.25, 0.3) is 0 Å². The van der Waals surface area contributed by atoms with E-state index in [2.05, 4.69) is 0 Å². The van der Waals surface area contributed by atoms with Gasteiger partial charge in [-0.25, -0.2) is 4.79 Å². The number of allylic oxidation sites excluding steroid dienone is 5. The van der Waals surface area contributed by atoms with Gasteiger partial charge in [-0.05, 0) is 31.9 Å². The number of nitriles is 1. The SMILES string of the molecule is CCC1=C(C)OC(C)=CC1=C(C#N)C(=O)O. The van der Waals surface area contributed by atoms with Crippen LogP contribution in [0.1, 0.15) is 27.2 Å². The van der Waals surface area contributed by atoms with Crippen molar-refractivity contribution in [2.45, 2.75) is 27.2 Å². The topological polar surface area (TPSA) is 70.3 Å². The Labute approximate surface area is 94.1 Å². The summed E-state index contributed by atoms with van der Waals surface area (Å²) < 4.78 is 5.40. The van der Waals surface area contributed by atoms with Gasteiger partial charge in [-0.1, -0.05) is 6.92 Å². The summed E-state index contributed by atoms with van der Waals surface area (Å²) in [5.41, 5.74) is 0.988. The van der Waals surface area contributed by atoms with E-state index in [0.717, 1.165) is 5.57 Å². The van der Waals surface area contributed by atoms with Gasteiger partial charge < -0.3 is 9.84 Å². The number of nitrogens with zero attached hydrogens (tertiary/aromatic N) is 1. The molecule has 0 spiro atoms. The molecule has 0 aromatic carbocycles. The van der Waals surface area contributed by atoms with Crippen molar-refractivity contribution in [3.8, 4) is 6.07 Å². The van der Waals surface area contributed by atoms with E-state index in [1.54, 1.807) is 26.0 Å². The van der Waals surface area contributed by atoms with Crippen molar-refractivity contribution < 1.29 is 14.6 Å². The van der Waals surface area contributed by atoms with E-state index >= 15 is 0 Å². The Kier molecular flexibility index (Phi) is 3.51. The molecule has 1 N–H and O–H groups in total. The fourth-order valence-corrected chi connectivity index (χ4v) is 1.70. The van der Waals surface area contributed by atoms with E-state index in [9.17, 15) is 4.79 Å². The minimum atomic E-state index is -1.21. The summed E-state index contributed by atoms with van der Waals surface area (Å²) in [6.07, 6.45) is 2.22. The highest BCUT2D eigenvalue weighted by atomic mass is 16.5. The first-order chi connectivity index (χ1) is 7.51. The van der Waals surface area contributed by atoms with Crippen LogP contribution < -0.4 is 0 Å². The summed E-state index contributed by atoms with van der Waals surface area (Å²) in [6.45, 7) is 5.40. The minimum Gasteiger partial charge on any atom is -0.477 e. The van der Waals surface area contributed by atoms with Crippen LogP contribution in [0.2, 0.25) is 0 Å². The summed E-state index contributed by atoms with van der Waals surface area (Å²) >= 11 is 0. The number of carboxylic acids is 1. The lowest BCUT2D eigenvalue weighted by molar-refractivity contribution is -0.132. The molecule has 0 aromatic rings. The Hall–Kier alpha value is -2.02. The average Bonchev–Trinajstić information content (AvgIpc) is 2.17. The van der Waals surface area contributed by atoms with Crippen LogP contribution >= 0.6 is 0 Å². The number of carboxylic acid groups (broad SMARTS) is 1. The maximum atomic E-state index is 10.9. The fourth-order valence-electron chi connectivity index (χ4n) is 1.70. The number of ether oxygens (including phenoxy) is 1. The smallest absolute Gasteiger partial charge is 0.347 e. The molecule has 1 heterocycles. The van der Waals surface area contributed by atoms with Crippen molar-refractivity contribution in [1.82, 2.24) is 0 Å². The molecule has 4 heteroatoms. The first kappa shape index (κ1) is 12.1. The quantitative estimate of drug-likeness (QED) is 0.572. The predicted octanol–water partition coefficient (Wildman–Crippen LogP) is 2.51. The lowest BCUT2D eigenvalue weighted by Crippen LogP contribution is -2.09. The molecular formula is C12H13NO3. The molecule has 0 unspecified atom stereocenters. The minimum absolute atomic E-state index is 0.237. The van der Waals surface area contributed by atoms with Crippen molar-refractivity contribution in [1.29, 1.82) is 5.26 Å². The molecule has 0 saturated carbocycles. The van der Waals surface area contributed by atoms with E-state index in [-0.39, 0.29) is 5.57 Å². The summed E-state index contributed by atoms with van der Waals surface area (Å²) in [5, 5.41) is 17.8. The second-order valence-electron chi connectivity index (χ2n) is 3.45.